The van der Waals surface area contributed by atoms with Gasteiger partial charge in [-0.2, -0.15) is 4.31 Å². The van der Waals surface area contributed by atoms with Crippen molar-refractivity contribution in [3.8, 4) is 5.75 Å². The molecule has 39 heavy (non-hydrogen) atoms. The summed E-state index contributed by atoms with van der Waals surface area (Å²) >= 11 is 0. The number of rotatable bonds is 10. The van der Waals surface area contributed by atoms with E-state index in [0.29, 0.717) is 49.5 Å². The van der Waals surface area contributed by atoms with Gasteiger partial charge in [0, 0.05) is 37.6 Å². The molecule has 8 nitrogen and oxygen atoms in total. The van der Waals surface area contributed by atoms with Gasteiger partial charge in [0.05, 0.1) is 23.1 Å². The van der Waals surface area contributed by atoms with E-state index >= 15 is 0 Å². The first-order valence-electron chi connectivity index (χ1n) is 14.5. The summed E-state index contributed by atoms with van der Waals surface area (Å²) in [6, 6.07) is 15.4. The molecule has 2 heterocycles. The molecule has 0 amide bonds. The number of unbranched alkanes of at least 4 members (excludes halogenated alkanes) is 1. The number of fused-ring (bicyclic) bond motifs is 1. The number of ether oxygens (including phenoxy) is 1. The van der Waals surface area contributed by atoms with E-state index in [9.17, 15) is 8.42 Å². The highest BCUT2D eigenvalue weighted by molar-refractivity contribution is 7.89. The molecule has 1 saturated heterocycles. The van der Waals surface area contributed by atoms with Crippen molar-refractivity contribution >= 4 is 26.7 Å². The highest BCUT2D eigenvalue weighted by Crippen LogP contribution is 2.29. The van der Waals surface area contributed by atoms with Gasteiger partial charge in [0.2, 0.25) is 10.0 Å². The van der Waals surface area contributed by atoms with Crippen molar-refractivity contribution in [1.29, 1.82) is 0 Å². The Hall–Kier alpha value is -2.75. The largest absolute Gasteiger partial charge is 0.494 e. The Morgan fingerprint density at radius 3 is 2.41 bits per heavy atom. The van der Waals surface area contributed by atoms with Crippen molar-refractivity contribution in [3.63, 3.8) is 0 Å². The van der Waals surface area contributed by atoms with E-state index in [1.807, 2.05) is 18.2 Å². The first-order chi connectivity index (χ1) is 19.0. The highest BCUT2D eigenvalue weighted by Gasteiger charge is 2.31. The van der Waals surface area contributed by atoms with Crippen LogP contribution in [-0.2, 0) is 10.0 Å². The third-order valence-electron chi connectivity index (χ3n) is 7.99. The fourth-order valence-corrected chi connectivity index (χ4v) is 6.94. The van der Waals surface area contributed by atoms with Crippen LogP contribution in [0, 0.1) is 0 Å². The van der Waals surface area contributed by atoms with Crippen molar-refractivity contribution in [2.75, 3.05) is 38.1 Å². The maximum Gasteiger partial charge on any atom is 0.243 e. The summed E-state index contributed by atoms with van der Waals surface area (Å²) in [4.78, 5) is 12.5. The molecular weight excluding hydrogens is 510 g/mol. The number of nitrogens with zero attached hydrogens (tertiary/aromatic N) is 4. The Balaban J connectivity index is 1.25. The predicted octanol–water partition coefficient (Wildman–Crippen LogP) is 5.62. The first kappa shape index (κ1) is 27.8. The van der Waals surface area contributed by atoms with Crippen LogP contribution in [0.5, 0.6) is 5.75 Å². The van der Waals surface area contributed by atoms with Gasteiger partial charge >= 0.3 is 0 Å². The number of para-hydroxylation sites is 1. The van der Waals surface area contributed by atoms with E-state index in [0.717, 1.165) is 35.4 Å². The molecule has 2 aliphatic rings. The number of aromatic nitrogens is 2. The van der Waals surface area contributed by atoms with Gasteiger partial charge in [0.25, 0.3) is 0 Å². The van der Waals surface area contributed by atoms with E-state index in [1.165, 1.54) is 32.1 Å². The van der Waals surface area contributed by atoms with Crippen LogP contribution in [0.15, 0.2) is 53.4 Å². The molecule has 1 N–H and O–H groups in total. The van der Waals surface area contributed by atoms with Gasteiger partial charge in [0.15, 0.2) is 0 Å². The summed E-state index contributed by atoms with van der Waals surface area (Å²) in [5.74, 6) is 2.40. The van der Waals surface area contributed by atoms with Gasteiger partial charge in [-0.05, 0) is 62.6 Å². The van der Waals surface area contributed by atoms with Gasteiger partial charge in [-0.15, -0.1) is 0 Å². The lowest BCUT2D eigenvalue weighted by Crippen LogP contribution is -2.49. The Bertz CT molecular complexity index is 1330. The second-order valence-electron chi connectivity index (χ2n) is 10.7. The van der Waals surface area contributed by atoms with Crippen LogP contribution >= 0.6 is 0 Å². The third-order valence-corrected chi connectivity index (χ3v) is 9.90. The Kier molecular flexibility index (Phi) is 8.99. The minimum absolute atomic E-state index is 0.0223. The molecule has 1 saturated carbocycles. The maximum atomic E-state index is 13.3. The standard InChI is InChI=1S/C30H41N5O3S/c1-3-4-22-38-25-14-16-26(17-15-25)39(36,37)35-20-18-34(19-21-35)23(2)29-32-28-13-9-8-12-27(28)30(33-29)31-24-10-6-5-7-11-24/h8-9,12-17,23-24H,3-7,10-11,18-22H2,1-2H3,(H,31,32,33)/t23-/m1/s1. The zero-order chi connectivity index (χ0) is 27.2. The fourth-order valence-electron chi connectivity index (χ4n) is 5.52. The molecule has 1 aromatic heterocycles. The van der Waals surface area contributed by atoms with E-state index in [-0.39, 0.29) is 6.04 Å². The van der Waals surface area contributed by atoms with E-state index < -0.39 is 10.0 Å². The van der Waals surface area contributed by atoms with Crippen LogP contribution in [0.25, 0.3) is 10.9 Å². The quantitative estimate of drug-likeness (QED) is 0.327. The minimum Gasteiger partial charge on any atom is -0.494 e. The molecule has 210 valence electrons. The lowest BCUT2D eigenvalue weighted by Gasteiger charge is -2.37. The lowest BCUT2D eigenvalue weighted by molar-refractivity contribution is 0.141. The van der Waals surface area contributed by atoms with Gasteiger partial charge in [-0.1, -0.05) is 44.7 Å². The van der Waals surface area contributed by atoms with Crippen LogP contribution in [0.1, 0.15) is 70.7 Å². The van der Waals surface area contributed by atoms with Crippen LogP contribution in [0.4, 0.5) is 5.82 Å². The molecule has 1 aliphatic heterocycles. The molecule has 0 spiro atoms. The smallest absolute Gasteiger partial charge is 0.243 e. The zero-order valence-corrected chi connectivity index (χ0v) is 24.0. The molecular formula is C30H41N5O3S. The summed E-state index contributed by atoms with van der Waals surface area (Å²) in [7, 11) is -3.56. The van der Waals surface area contributed by atoms with Gasteiger partial charge < -0.3 is 10.1 Å². The highest BCUT2D eigenvalue weighted by atomic mass is 32.2. The molecule has 0 radical (unpaired) electrons. The molecule has 5 rings (SSSR count). The number of hydrogen-bond donors (Lipinski definition) is 1. The monoisotopic (exact) mass is 551 g/mol. The number of hydrogen-bond acceptors (Lipinski definition) is 7. The topological polar surface area (TPSA) is 87.7 Å². The second kappa shape index (κ2) is 12.6. The summed E-state index contributed by atoms with van der Waals surface area (Å²) in [5.41, 5.74) is 0.941. The minimum atomic E-state index is -3.56. The number of anilines is 1. The molecule has 3 aromatic rings. The molecule has 0 unspecified atom stereocenters. The van der Waals surface area contributed by atoms with Crippen LogP contribution in [-0.4, -0.2) is 66.4 Å². The SMILES string of the molecule is CCCCOc1ccc(S(=O)(=O)N2CCN([C@H](C)c3nc(NC4CCCCC4)c4ccccc4n3)CC2)cc1. The van der Waals surface area contributed by atoms with Crippen LogP contribution in [0.2, 0.25) is 0 Å². The molecule has 0 bridgehead atoms. The summed E-state index contributed by atoms with van der Waals surface area (Å²) < 4.78 is 33.9. The molecule has 2 fully saturated rings. The van der Waals surface area contributed by atoms with Crippen molar-refractivity contribution in [2.45, 2.75) is 75.8 Å². The van der Waals surface area contributed by atoms with E-state index in [2.05, 4.69) is 30.1 Å². The molecule has 1 aliphatic carbocycles. The molecule has 9 heteroatoms. The van der Waals surface area contributed by atoms with Crippen molar-refractivity contribution in [3.05, 3.63) is 54.4 Å². The Labute approximate surface area is 232 Å². The summed E-state index contributed by atoms with van der Waals surface area (Å²) in [6.07, 6.45) is 8.21. The van der Waals surface area contributed by atoms with Gasteiger partial charge in [-0.3, -0.25) is 4.90 Å². The fraction of sp³-hybridized carbons (Fsp3) is 0.533. The summed E-state index contributed by atoms with van der Waals surface area (Å²) in [5, 5.41) is 4.77. The Morgan fingerprint density at radius 2 is 1.69 bits per heavy atom. The van der Waals surface area contributed by atoms with Crippen molar-refractivity contribution in [1.82, 2.24) is 19.2 Å². The second-order valence-corrected chi connectivity index (χ2v) is 12.7. The maximum absolute atomic E-state index is 13.3. The summed E-state index contributed by atoms with van der Waals surface area (Å²) in [6.45, 7) is 6.99. The Morgan fingerprint density at radius 1 is 0.974 bits per heavy atom. The van der Waals surface area contributed by atoms with Gasteiger partial charge in [-0.25, -0.2) is 18.4 Å². The average Bonchev–Trinajstić information content (AvgIpc) is 2.98. The average molecular weight is 552 g/mol. The van der Waals surface area contributed by atoms with Gasteiger partial charge in [0.1, 0.15) is 17.4 Å². The predicted molar refractivity (Wildman–Crippen MR) is 156 cm³/mol. The van der Waals surface area contributed by atoms with Crippen molar-refractivity contribution in [2.24, 2.45) is 0 Å². The van der Waals surface area contributed by atoms with E-state index in [1.54, 1.807) is 28.6 Å². The number of piperazine rings is 1. The molecule has 2 aromatic carbocycles. The van der Waals surface area contributed by atoms with Crippen molar-refractivity contribution < 1.29 is 13.2 Å². The lowest BCUT2D eigenvalue weighted by atomic mass is 9.95. The zero-order valence-electron chi connectivity index (χ0n) is 23.2. The van der Waals surface area contributed by atoms with Crippen LogP contribution < -0.4 is 10.1 Å². The number of sulfonamides is 1. The number of benzene rings is 2. The first-order valence-corrected chi connectivity index (χ1v) is 15.9. The normalized spacial score (nSPS) is 18.7. The third kappa shape index (κ3) is 6.53. The van der Waals surface area contributed by atoms with E-state index in [4.69, 9.17) is 14.7 Å². The van der Waals surface area contributed by atoms with Crippen LogP contribution in [0.3, 0.4) is 0 Å². The number of nitrogens with one attached hydrogen (secondary N) is 1. The molecule has 1 atom stereocenters.